The van der Waals surface area contributed by atoms with Crippen molar-refractivity contribution < 1.29 is 9.53 Å². The molecule has 6 nitrogen and oxygen atoms in total. The molecule has 158 valence electrons. The van der Waals surface area contributed by atoms with E-state index in [1.165, 1.54) is 0 Å². The van der Waals surface area contributed by atoms with E-state index in [2.05, 4.69) is 16.3 Å². The number of hydrogen-bond acceptors (Lipinski definition) is 5. The van der Waals surface area contributed by atoms with Crippen molar-refractivity contribution in [3.8, 4) is 11.4 Å². The molecule has 0 spiro atoms. The van der Waals surface area contributed by atoms with Gasteiger partial charge in [-0.25, -0.2) is 0 Å². The smallest absolute Gasteiger partial charge is 0.165 e. The zero-order valence-corrected chi connectivity index (χ0v) is 17.9. The van der Waals surface area contributed by atoms with E-state index in [1.807, 2.05) is 60.0 Å². The second-order valence-corrected chi connectivity index (χ2v) is 7.67. The summed E-state index contributed by atoms with van der Waals surface area (Å²) in [6, 6.07) is 24.8. The SMILES string of the molecule is COc1ccc(C(=O)CC2N=C(c3ccccc3)c3ccccc3-n3c(C)nnc32)cc1. The number of hydrogen-bond donors (Lipinski definition) is 0. The number of ketones is 1. The zero-order chi connectivity index (χ0) is 22.1. The van der Waals surface area contributed by atoms with Crippen molar-refractivity contribution in [1.29, 1.82) is 0 Å². The highest BCUT2D eigenvalue weighted by Gasteiger charge is 2.29. The molecule has 0 N–H and O–H groups in total. The van der Waals surface area contributed by atoms with Crippen LogP contribution >= 0.6 is 0 Å². The third-order valence-electron chi connectivity index (χ3n) is 5.67. The summed E-state index contributed by atoms with van der Waals surface area (Å²) in [6.07, 6.45) is 0.189. The molecular weight excluding hydrogens is 400 g/mol. The number of para-hydroxylation sites is 1. The number of rotatable bonds is 5. The van der Waals surface area contributed by atoms with Gasteiger partial charge in [-0.05, 0) is 37.3 Å². The lowest BCUT2D eigenvalue weighted by atomic mass is 10.00. The molecule has 0 fully saturated rings. The topological polar surface area (TPSA) is 69.4 Å². The van der Waals surface area contributed by atoms with Gasteiger partial charge in [0, 0.05) is 23.1 Å². The van der Waals surface area contributed by atoms with Gasteiger partial charge in [-0.1, -0.05) is 48.5 Å². The highest BCUT2D eigenvalue weighted by atomic mass is 16.5. The Morgan fingerprint density at radius 1 is 0.938 bits per heavy atom. The van der Waals surface area contributed by atoms with Crippen LogP contribution in [0.1, 0.15) is 45.6 Å². The van der Waals surface area contributed by atoms with Gasteiger partial charge in [-0.3, -0.25) is 14.4 Å². The van der Waals surface area contributed by atoms with Gasteiger partial charge in [0.25, 0.3) is 0 Å². The molecule has 3 aromatic carbocycles. The first-order valence-electron chi connectivity index (χ1n) is 10.5. The van der Waals surface area contributed by atoms with Crippen LogP contribution in [0.3, 0.4) is 0 Å². The lowest BCUT2D eigenvalue weighted by molar-refractivity contribution is 0.0973. The summed E-state index contributed by atoms with van der Waals surface area (Å²) in [5.41, 5.74) is 4.41. The van der Waals surface area contributed by atoms with E-state index in [-0.39, 0.29) is 12.2 Å². The molecular formula is C26H22N4O2. The first kappa shape index (κ1) is 19.9. The molecule has 0 saturated carbocycles. The van der Waals surface area contributed by atoms with E-state index in [0.717, 1.165) is 28.4 Å². The second kappa shape index (κ2) is 8.23. The number of aromatic nitrogens is 3. The van der Waals surface area contributed by atoms with Crippen LogP contribution in [-0.4, -0.2) is 33.4 Å². The Kier molecular flexibility index (Phi) is 5.11. The van der Waals surface area contributed by atoms with Gasteiger partial charge in [0.05, 0.1) is 18.5 Å². The largest absolute Gasteiger partial charge is 0.497 e. The maximum absolute atomic E-state index is 13.2. The van der Waals surface area contributed by atoms with Crippen molar-refractivity contribution in [3.05, 3.63) is 107 Å². The van der Waals surface area contributed by atoms with Crippen LogP contribution in [0.2, 0.25) is 0 Å². The van der Waals surface area contributed by atoms with Gasteiger partial charge < -0.3 is 4.74 Å². The van der Waals surface area contributed by atoms with Crippen LogP contribution < -0.4 is 4.74 Å². The Balaban J connectivity index is 1.63. The number of carbonyl (C=O) groups excluding carboxylic acids is 1. The molecule has 1 aliphatic heterocycles. The number of aliphatic imine (C=N–C) groups is 1. The van der Waals surface area contributed by atoms with Gasteiger partial charge in [0.2, 0.25) is 0 Å². The third kappa shape index (κ3) is 3.50. The monoisotopic (exact) mass is 422 g/mol. The van der Waals surface area contributed by atoms with E-state index in [4.69, 9.17) is 9.73 Å². The minimum Gasteiger partial charge on any atom is -0.497 e. The number of aryl methyl sites for hydroxylation is 1. The molecule has 0 amide bonds. The fraction of sp³-hybridized carbons (Fsp3) is 0.154. The fourth-order valence-electron chi connectivity index (χ4n) is 4.08. The summed E-state index contributed by atoms with van der Waals surface area (Å²) >= 11 is 0. The number of methoxy groups -OCH3 is 1. The van der Waals surface area contributed by atoms with Crippen LogP contribution in [-0.2, 0) is 0 Å². The number of Topliss-reactive ketones (excluding diaryl/α,β-unsaturated/α-hetero) is 1. The van der Waals surface area contributed by atoms with Crippen molar-refractivity contribution in [2.24, 2.45) is 4.99 Å². The standard InChI is InChI=1S/C26H22N4O2/c1-17-28-29-26-22(16-24(31)18-12-14-20(32-2)15-13-18)27-25(19-8-4-3-5-9-19)21-10-6-7-11-23(21)30(17)26/h3-15,22H,16H2,1-2H3. The highest BCUT2D eigenvalue weighted by Crippen LogP contribution is 2.33. The molecule has 0 bridgehead atoms. The maximum atomic E-state index is 13.2. The van der Waals surface area contributed by atoms with E-state index in [9.17, 15) is 4.79 Å². The lowest BCUT2D eigenvalue weighted by Gasteiger charge is -2.12. The van der Waals surface area contributed by atoms with Gasteiger partial charge in [-0.2, -0.15) is 0 Å². The van der Waals surface area contributed by atoms with Gasteiger partial charge in [-0.15, -0.1) is 10.2 Å². The predicted molar refractivity (Wildman–Crippen MR) is 123 cm³/mol. The van der Waals surface area contributed by atoms with Crippen molar-refractivity contribution >= 4 is 11.5 Å². The molecule has 0 saturated heterocycles. The van der Waals surface area contributed by atoms with E-state index >= 15 is 0 Å². The second-order valence-electron chi connectivity index (χ2n) is 7.67. The number of fused-ring (bicyclic) bond motifs is 3. The average molecular weight is 422 g/mol. The lowest BCUT2D eigenvalue weighted by Crippen LogP contribution is -2.11. The zero-order valence-electron chi connectivity index (χ0n) is 17.9. The molecule has 1 aromatic heterocycles. The molecule has 4 aromatic rings. The first-order valence-corrected chi connectivity index (χ1v) is 10.5. The van der Waals surface area contributed by atoms with Gasteiger partial charge >= 0.3 is 0 Å². The van der Waals surface area contributed by atoms with Crippen LogP contribution in [0.4, 0.5) is 0 Å². The minimum absolute atomic E-state index is 0.00743. The summed E-state index contributed by atoms with van der Waals surface area (Å²) in [5, 5.41) is 8.74. The highest BCUT2D eigenvalue weighted by molar-refractivity contribution is 6.15. The van der Waals surface area contributed by atoms with Crippen molar-refractivity contribution in [3.63, 3.8) is 0 Å². The van der Waals surface area contributed by atoms with Crippen LogP contribution in [0.15, 0.2) is 83.9 Å². The summed E-state index contributed by atoms with van der Waals surface area (Å²) in [6.45, 7) is 1.92. The van der Waals surface area contributed by atoms with Crippen LogP contribution in [0.5, 0.6) is 5.75 Å². The average Bonchev–Trinajstić information content (AvgIpc) is 3.16. The molecule has 1 unspecified atom stereocenters. The van der Waals surface area contributed by atoms with Crippen molar-refractivity contribution in [1.82, 2.24) is 14.8 Å². The molecule has 1 aliphatic rings. The third-order valence-corrected chi connectivity index (χ3v) is 5.67. The van der Waals surface area contributed by atoms with E-state index in [0.29, 0.717) is 17.1 Å². The number of benzene rings is 3. The van der Waals surface area contributed by atoms with Crippen molar-refractivity contribution in [2.45, 2.75) is 19.4 Å². The summed E-state index contributed by atoms with van der Waals surface area (Å²) < 4.78 is 7.22. The Morgan fingerprint density at radius 2 is 1.66 bits per heavy atom. The predicted octanol–water partition coefficient (Wildman–Crippen LogP) is 4.75. The van der Waals surface area contributed by atoms with Crippen molar-refractivity contribution in [2.75, 3.05) is 7.11 Å². The number of carbonyl (C=O) groups is 1. The summed E-state index contributed by atoms with van der Waals surface area (Å²) in [4.78, 5) is 18.3. The first-order chi connectivity index (χ1) is 15.7. The van der Waals surface area contributed by atoms with Crippen LogP contribution in [0.25, 0.3) is 5.69 Å². The molecule has 6 heteroatoms. The Hall–Kier alpha value is -4.06. The molecule has 5 rings (SSSR count). The van der Waals surface area contributed by atoms with Crippen LogP contribution in [0, 0.1) is 6.92 Å². The summed E-state index contributed by atoms with van der Waals surface area (Å²) in [7, 11) is 1.61. The number of ether oxygens (including phenoxy) is 1. The molecule has 32 heavy (non-hydrogen) atoms. The number of nitrogens with zero attached hydrogens (tertiary/aromatic N) is 4. The summed E-state index contributed by atoms with van der Waals surface area (Å²) in [5.74, 6) is 2.14. The Morgan fingerprint density at radius 3 is 2.41 bits per heavy atom. The van der Waals surface area contributed by atoms with Gasteiger partial charge in [0.1, 0.15) is 17.6 Å². The molecule has 1 atom stereocenters. The van der Waals surface area contributed by atoms with Gasteiger partial charge in [0.15, 0.2) is 11.6 Å². The molecule has 0 radical (unpaired) electrons. The Bertz CT molecular complexity index is 1310. The van der Waals surface area contributed by atoms with E-state index in [1.54, 1.807) is 31.4 Å². The fourth-order valence-corrected chi connectivity index (χ4v) is 4.08. The quantitative estimate of drug-likeness (QED) is 0.435. The minimum atomic E-state index is -0.464. The molecule has 2 heterocycles. The molecule has 0 aliphatic carbocycles. The normalized spacial score (nSPS) is 14.7. The Labute approximate surface area is 186 Å². The van der Waals surface area contributed by atoms with E-state index < -0.39 is 6.04 Å². The maximum Gasteiger partial charge on any atom is 0.165 e.